The zero-order chi connectivity index (χ0) is 24.0. The third-order valence-corrected chi connectivity index (χ3v) is 6.29. The van der Waals surface area contributed by atoms with Gasteiger partial charge in [0.15, 0.2) is 0 Å². The normalized spacial score (nSPS) is 19.0. The van der Waals surface area contributed by atoms with Crippen LogP contribution in [-0.2, 0) is 19.1 Å². The van der Waals surface area contributed by atoms with Gasteiger partial charge in [0.1, 0.15) is 5.76 Å². The summed E-state index contributed by atoms with van der Waals surface area (Å²) in [5.41, 5.74) is 7.65. The van der Waals surface area contributed by atoms with Crippen molar-refractivity contribution in [3.05, 3.63) is 94.4 Å². The molecule has 0 aromatic rings. The average molecular weight is 447 g/mol. The first-order valence-electron chi connectivity index (χ1n) is 11.6. The molecule has 0 aromatic heterocycles. The number of carbonyl (C=O) groups is 2. The van der Waals surface area contributed by atoms with Crippen LogP contribution >= 0.6 is 0 Å². The highest BCUT2D eigenvalue weighted by Gasteiger charge is 2.20. The molecule has 0 spiro atoms. The van der Waals surface area contributed by atoms with Gasteiger partial charge in [0.05, 0.1) is 6.61 Å². The van der Waals surface area contributed by atoms with E-state index in [-0.39, 0.29) is 17.9 Å². The third kappa shape index (κ3) is 6.67. The molecule has 33 heavy (non-hydrogen) atoms. The Morgan fingerprint density at radius 3 is 1.67 bits per heavy atom. The lowest BCUT2D eigenvalue weighted by Crippen LogP contribution is -2.15. The van der Waals surface area contributed by atoms with Crippen molar-refractivity contribution in [1.29, 1.82) is 0 Å². The Morgan fingerprint density at radius 2 is 1.24 bits per heavy atom. The number of rotatable bonds is 8. The first-order chi connectivity index (χ1) is 15.7. The summed E-state index contributed by atoms with van der Waals surface area (Å²) in [5.74, 6) is 0.238. The van der Waals surface area contributed by atoms with E-state index in [1.807, 2.05) is 6.08 Å². The lowest BCUT2D eigenvalue weighted by molar-refractivity contribution is -0.139. The van der Waals surface area contributed by atoms with Crippen LogP contribution in [0.5, 0.6) is 0 Å². The van der Waals surface area contributed by atoms with Gasteiger partial charge in [-0.15, -0.1) is 0 Å². The molecular formula is C29H34O4. The van der Waals surface area contributed by atoms with E-state index in [9.17, 15) is 9.59 Å². The van der Waals surface area contributed by atoms with Crippen LogP contribution in [0.3, 0.4) is 0 Å². The molecule has 3 aliphatic carbocycles. The number of hydrogen-bond donors (Lipinski definition) is 0. The van der Waals surface area contributed by atoms with E-state index in [2.05, 4.69) is 50.5 Å². The molecule has 0 saturated carbocycles. The Morgan fingerprint density at radius 1 is 0.758 bits per heavy atom. The van der Waals surface area contributed by atoms with Crippen LogP contribution in [0.1, 0.15) is 59.3 Å². The fourth-order valence-electron chi connectivity index (χ4n) is 4.11. The summed E-state index contributed by atoms with van der Waals surface area (Å²) in [6.45, 7) is 13.1. The molecule has 1 unspecified atom stereocenters. The van der Waals surface area contributed by atoms with Gasteiger partial charge in [0, 0.05) is 23.5 Å². The number of allylic oxidation sites excluding steroid dienone is 11. The summed E-state index contributed by atoms with van der Waals surface area (Å²) in [7, 11) is 0. The molecule has 0 aliphatic heterocycles. The van der Waals surface area contributed by atoms with Crippen LogP contribution in [0.25, 0.3) is 0 Å². The van der Waals surface area contributed by atoms with E-state index in [0.717, 1.165) is 38.5 Å². The number of carbonyl (C=O) groups excluding carboxylic acids is 2. The number of esters is 2. The summed E-state index contributed by atoms with van der Waals surface area (Å²) >= 11 is 0. The van der Waals surface area contributed by atoms with E-state index in [1.54, 1.807) is 13.8 Å². The van der Waals surface area contributed by atoms with Crippen molar-refractivity contribution in [2.45, 2.75) is 59.3 Å². The number of ether oxygens (including phenoxy) is 2. The highest BCUT2D eigenvalue weighted by molar-refractivity contribution is 5.87. The van der Waals surface area contributed by atoms with E-state index in [4.69, 9.17) is 9.47 Å². The van der Waals surface area contributed by atoms with E-state index in [1.165, 1.54) is 27.9 Å². The van der Waals surface area contributed by atoms with Gasteiger partial charge in [-0.3, -0.25) is 0 Å². The summed E-state index contributed by atoms with van der Waals surface area (Å²) in [4.78, 5) is 23.3. The average Bonchev–Trinajstić information content (AvgIpc) is 2.83. The predicted octanol–water partition coefficient (Wildman–Crippen LogP) is 6.76. The van der Waals surface area contributed by atoms with E-state index >= 15 is 0 Å². The van der Waals surface area contributed by atoms with Crippen LogP contribution in [0, 0.1) is 5.92 Å². The van der Waals surface area contributed by atoms with Gasteiger partial charge in [-0.05, 0) is 74.3 Å². The van der Waals surface area contributed by atoms with Gasteiger partial charge in [-0.25, -0.2) is 9.59 Å². The molecule has 3 rings (SSSR count). The fraction of sp³-hybridized carbons (Fsp3) is 0.379. The van der Waals surface area contributed by atoms with Crippen LogP contribution in [-0.4, -0.2) is 18.5 Å². The molecule has 0 heterocycles. The summed E-state index contributed by atoms with van der Waals surface area (Å²) in [6, 6.07) is 0. The largest absolute Gasteiger partial charge is 0.462 e. The second kappa shape index (κ2) is 11.1. The SMILES string of the molecule is C=C(C)C(=O)OCC(C)C1=CC=C(C2=CC=C(C3=CC=C(OC(=O)C(=C)C)CC3)CC2)CC1. The smallest absolute Gasteiger partial charge is 0.338 e. The third-order valence-electron chi connectivity index (χ3n) is 6.29. The van der Waals surface area contributed by atoms with Gasteiger partial charge >= 0.3 is 11.9 Å². The molecule has 0 saturated heterocycles. The Bertz CT molecular complexity index is 1040. The predicted molar refractivity (Wildman–Crippen MR) is 132 cm³/mol. The first-order valence-corrected chi connectivity index (χ1v) is 11.6. The Labute approximate surface area is 197 Å². The maximum absolute atomic E-state index is 11.7. The van der Waals surface area contributed by atoms with Crippen molar-refractivity contribution in [3.63, 3.8) is 0 Å². The lowest BCUT2D eigenvalue weighted by atomic mass is 9.83. The zero-order valence-electron chi connectivity index (χ0n) is 20.0. The molecule has 174 valence electrons. The molecule has 0 N–H and O–H groups in total. The van der Waals surface area contributed by atoms with Crippen LogP contribution in [0.2, 0.25) is 0 Å². The van der Waals surface area contributed by atoms with E-state index in [0.29, 0.717) is 23.5 Å². The summed E-state index contributed by atoms with van der Waals surface area (Å²) < 4.78 is 10.7. The Kier molecular flexibility index (Phi) is 8.26. The molecule has 1 atom stereocenters. The van der Waals surface area contributed by atoms with Gasteiger partial charge in [0.25, 0.3) is 0 Å². The van der Waals surface area contributed by atoms with E-state index < -0.39 is 0 Å². The maximum atomic E-state index is 11.7. The Balaban J connectivity index is 1.60. The molecule has 0 fully saturated rings. The second-order valence-corrected chi connectivity index (χ2v) is 9.09. The van der Waals surface area contributed by atoms with Crippen molar-refractivity contribution >= 4 is 11.9 Å². The highest BCUT2D eigenvalue weighted by Crippen LogP contribution is 2.36. The minimum atomic E-state index is -0.359. The molecule has 0 radical (unpaired) electrons. The zero-order valence-corrected chi connectivity index (χ0v) is 20.0. The second-order valence-electron chi connectivity index (χ2n) is 9.09. The van der Waals surface area contributed by atoms with Crippen molar-refractivity contribution < 1.29 is 19.1 Å². The quantitative estimate of drug-likeness (QED) is 0.305. The monoisotopic (exact) mass is 446 g/mol. The van der Waals surface area contributed by atoms with Gasteiger partial charge < -0.3 is 9.47 Å². The van der Waals surface area contributed by atoms with Gasteiger partial charge in [-0.2, -0.15) is 0 Å². The van der Waals surface area contributed by atoms with Crippen molar-refractivity contribution in [2.24, 2.45) is 5.92 Å². The van der Waals surface area contributed by atoms with Crippen LogP contribution < -0.4 is 0 Å². The van der Waals surface area contributed by atoms with Gasteiger partial charge in [0.2, 0.25) is 0 Å². The van der Waals surface area contributed by atoms with Crippen molar-refractivity contribution in [1.82, 2.24) is 0 Å². The molecule has 0 aromatic carbocycles. The highest BCUT2D eigenvalue weighted by atomic mass is 16.5. The molecule has 4 nitrogen and oxygen atoms in total. The van der Waals surface area contributed by atoms with Gasteiger partial charge in [-0.1, -0.05) is 56.0 Å². The standard InChI is InChI=1S/C29H34O4/c1-19(2)28(30)32-18-21(5)22-6-8-23(9-7-22)24-10-12-25(13-11-24)26-14-16-27(17-15-26)33-29(31)20(3)4/h6,8,10,12,14,16,21H,1,3,7,9,11,13,15,17-18H2,2,4-5H3. The maximum Gasteiger partial charge on any atom is 0.338 e. The molecule has 3 aliphatic rings. The molecular weight excluding hydrogens is 412 g/mol. The van der Waals surface area contributed by atoms with Crippen molar-refractivity contribution in [2.75, 3.05) is 6.61 Å². The Hall–Kier alpha value is -3.14. The van der Waals surface area contributed by atoms with Crippen LogP contribution in [0.4, 0.5) is 0 Å². The lowest BCUT2D eigenvalue weighted by Gasteiger charge is -2.24. The summed E-state index contributed by atoms with van der Waals surface area (Å²) in [6.07, 6.45) is 18.6. The first kappa shape index (κ1) is 24.5. The molecule has 0 amide bonds. The number of hydrogen-bond acceptors (Lipinski definition) is 4. The molecule has 0 bridgehead atoms. The molecule has 4 heteroatoms. The minimum Gasteiger partial charge on any atom is -0.462 e. The topological polar surface area (TPSA) is 52.6 Å². The van der Waals surface area contributed by atoms with Crippen molar-refractivity contribution in [3.8, 4) is 0 Å². The minimum absolute atomic E-state index is 0.212. The fourth-order valence-corrected chi connectivity index (χ4v) is 4.11. The van der Waals surface area contributed by atoms with Crippen LogP contribution in [0.15, 0.2) is 94.4 Å². The summed E-state index contributed by atoms with van der Waals surface area (Å²) in [5, 5.41) is 0.